The molecule has 2 bridgehead atoms. The van der Waals surface area contributed by atoms with Crippen molar-refractivity contribution in [3.8, 4) is 5.75 Å². The first-order valence-electron chi connectivity index (χ1n) is 16.0. The summed E-state index contributed by atoms with van der Waals surface area (Å²) in [5.41, 5.74) is 1.36. The summed E-state index contributed by atoms with van der Waals surface area (Å²) in [6.45, 7) is 23.4. The van der Waals surface area contributed by atoms with Crippen LogP contribution in [0.15, 0.2) is 24.3 Å². The van der Waals surface area contributed by atoms with Crippen LogP contribution < -0.4 is 15.4 Å². The second kappa shape index (κ2) is 14.0. The molecule has 10 heteroatoms. The molecule has 1 saturated heterocycles. The molecule has 4 rings (SSSR count). The third-order valence-electron chi connectivity index (χ3n) is 9.09. The highest BCUT2D eigenvalue weighted by molar-refractivity contribution is 6.77. The lowest BCUT2D eigenvalue weighted by Crippen LogP contribution is -2.58. The van der Waals surface area contributed by atoms with E-state index in [4.69, 9.17) is 13.9 Å². The number of carbonyl (C=O) groups excluding carboxylic acids is 3. The quantitative estimate of drug-likeness (QED) is 0.346. The number of nitrogens with one attached hydrogen (secondary N) is 2. The van der Waals surface area contributed by atoms with Crippen molar-refractivity contribution in [3.05, 3.63) is 29.8 Å². The average molecular weight is 618 g/mol. The van der Waals surface area contributed by atoms with E-state index in [0.29, 0.717) is 41.8 Å². The molecule has 1 aromatic carbocycles. The first-order chi connectivity index (χ1) is 20.0. The van der Waals surface area contributed by atoms with Gasteiger partial charge in [0.2, 0.25) is 20.1 Å². The average Bonchev–Trinajstić information content (AvgIpc) is 3.33. The number of ether oxygens (including phenoxy) is 2. The van der Waals surface area contributed by atoms with Gasteiger partial charge in [0.15, 0.2) is 6.04 Å². The predicted molar refractivity (Wildman–Crippen MR) is 171 cm³/mol. The molecule has 0 aliphatic carbocycles. The zero-order chi connectivity index (χ0) is 32.3. The Bertz CT molecular complexity index is 1090. The lowest BCUT2D eigenvalue weighted by molar-refractivity contribution is -0.134. The Morgan fingerprint density at radius 3 is 2.09 bits per heavy atom. The third kappa shape index (κ3) is 7.93. The number of hydrogen-bond donors (Lipinski definition) is 2. The molecule has 242 valence electrons. The molecule has 3 heterocycles. The van der Waals surface area contributed by atoms with Gasteiger partial charge in [-0.3, -0.25) is 14.5 Å². The van der Waals surface area contributed by atoms with Gasteiger partial charge >= 0.3 is 6.09 Å². The molecule has 1 aromatic rings. The fourth-order valence-electron chi connectivity index (χ4n) is 6.78. The highest BCUT2D eigenvalue weighted by atomic mass is 28.4. The van der Waals surface area contributed by atoms with Crippen molar-refractivity contribution in [2.75, 3.05) is 13.1 Å². The number of benzene rings is 1. The van der Waals surface area contributed by atoms with E-state index in [1.165, 1.54) is 4.90 Å². The minimum atomic E-state index is -2.29. The summed E-state index contributed by atoms with van der Waals surface area (Å²) in [4.78, 5) is 42.3. The zero-order valence-corrected chi connectivity index (χ0v) is 29.2. The summed E-state index contributed by atoms with van der Waals surface area (Å²) in [7, 11) is -2.29. The van der Waals surface area contributed by atoms with Crippen LogP contribution in [-0.2, 0) is 18.8 Å². The Labute approximate surface area is 259 Å². The van der Waals surface area contributed by atoms with Gasteiger partial charge in [0, 0.05) is 19.5 Å². The van der Waals surface area contributed by atoms with Crippen LogP contribution in [0.3, 0.4) is 0 Å². The number of rotatable bonds is 7. The highest BCUT2D eigenvalue weighted by Gasteiger charge is 2.48. The molecule has 5 atom stereocenters. The van der Waals surface area contributed by atoms with Crippen molar-refractivity contribution in [1.82, 2.24) is 15.5 Å². The smallest absolute Gasteiger partial charge is 0.411 e. The summed E-state index contributed by atoms with van der Waals surface area (Å²) < 4.78 is 19.2. The number of fused-ring (bicyclic) bond motifs is 8. The third-order valence-corrected chi connectivity index (χ3v) is 15.2. The van der Waals surface area contributed by atoms with E-state index in [-0.39, 0.29) is 24.5 Å². The molecule has 0 spiro atoms. The maximum absolute atomic E-state index is 13.9. The topological polar surface area (TPSA) is 106 Å². The molecular formula is C33H55N3O6Si. The molecule has 0 aromatic heterocycles. The maximum Gasteiger partial charge on any atom is 0.411 e. The van der Waals surface area contributed by atoms with Gasteiger partial charge in [0.25, 0.3) is 0 Å². The molecule has 1 fully saturated rings. The first-order valence-corrected chi connectivity index (χ1v) is 18.2. The Balaban J connectivity index is 2.05. The van der Waals surface area contributed by atoms with Crippen molar-refractivity contribution in [1.29, 1.82) is 0 Å². The van der Waals surface area contributed by atoms with Crippen molar-refractivity contribution in [2.24, 2.45) is 5.92 Å². The zero-order valence-electron chi connectivity index (χ0n) is 28.2. The van der Waals surface area contributed by atoms with Crippen molar-refractivity contribution < 1.29 is 28.3 Å². The summed E-state index contributed by atoms with van der Waals surface area (Å²) in [5, 5.41) is 6.12. The SMILES string of the molecule is CCC(C)[C@@H]1NC(=O)[C@@H]2[C@@H](CCN2C(=O)OC(C)(C)C)Oc2ccc(cc2)C(O[Si](C(C)C)(C(C)C)C(C)C)CNC1=O. The Morgan fingerprint density at radius 1 is 1.00 bits per heavy atom. The van der Waals surface area contributed by atoms with E-state index in [1.54, 1.807) is 20.8 Å². The maximum atomic E-state index is 13.9. The molecule has 0 radical (unpaired) electrons. The van der Waals surface area contributed by atoms with Crippen molar-refractivity contribution in [2.45, 2.75) is 136 Å². The number of likely N-dealkylation sites (tertiary alicyclic amines) is 1. The monoisotopic (exact) mass is 617 g/mol. The van der Waals surface area contributed by atoms with Gasteiger partial charge < -0.3 is 24.5 Å². The molecule has 3 aliphatic rings. The van der Waals surface area contributed by atoms with E-state index in [9.17, 15) is 14.4 Å². The first kappa shape index (κ1) is 34.9. The van der Waals surface area contributed by atoms with Crippen LogP contribution in [0.4, 0.5) is 4.79 Å². The summed E-state index contributed by atoms with van der Waals surface area (Å²) >= 11 is 0. The van der Waals surface area contributed by atoms with Crippen molar-refractivity contribution >= 4 is 26.2 Å². The van der Waals surface area contributed by atoms with E-state index in [0.717, 1.165) is 5.56 Å². The van der Waals surface area contributed by atoms with Gasteiger partial charge in [-0.1, -0.05) is 73.9 Å². The van der Waals surface area contributed by atoms with Gasteiger partial charge in [-0.2, -0.15) is 0 Å². The van der Waals surface area contributed by atoms with Gasteiger partial charge in [-0.25, -0.2) is 4.79 Å². The van der Waals surface area contributed by atoms with Gasteiger partial charge in [0.1, 0.15) is 23.5 Å². The lowest BCUT2D eigenvalue weighted by Gasteiger charge is -2.45. The number of carbonyl (C=O) groups is 3. The standard InChI is InChI=1S/C33H55N3O6Si/c1-12-23(8)28-30(37)34-19-27(42-43(20(2)3,21(4)5)22(6)7)24-13-15-25(16-14-24)40-26-17-18-36(29(26)31(38)35-28)32(39)41-33(9,10)11/h13-16,20-23,26-29H,12,17-19H2,1-11H3,(H,34,37)(H,35,38)/t23?,26-,27?,28+,29+/m1/s1. The minimum absolute atomic E-state index is 0.138. The van der Waals surface area contributed by atoms with Crippen LogP contribution in [0.2, 0.25) is 16.6 Å². The number of nitrogens with zero attached hydrogens (tertiary/aromatic N) is 1. The number of amides is 3. The largest absolute Gasteiger partial charge is 0.488 e. The van der Waals surface area contributed by atoms with Crippen LogP contribution in [0.1, 0.15) is 101 Å². The molecule has 2 unspecified atom stereocenters. The van der Waals surface area contributed by atoms with Crippen LogP contribution in [-0.4, -0.2) is 68.0 Å². The van der Waals surface area contributed by atoms with Crippen molar-refractivity contribution in [3.63, 3.8) is 0 Å². The molecule has 9 nitrogen and oxygen atoms in total. The second-order valence-electron chi connectivity index (χ2n) is 14.2. The Kier molecular flexibility index (Phi) is 11.4. The van der Waals surface area contributed by atoms with E-state index in [2.05, 4.69) is 52.2 Å². The molecule has 3 amide bonds. The minimum Gasteiger partial charge on any atom is -0.488 e. The van der Waals surface area contributed by atoms with Gasteiger partial charge in [0.05, 0.1) is 6.10 Å². The Morgan fingerprint density at radius 2 is 1.58 bits per heavy atom. The molecule has 43 heavy (non-hydrogen) atoms. The van der Waals surface area contributed by atoms with Crippen LogP contribution in [0, 0.1) is 5.92 Å². The van der Waals surface area contributed by atoms with Crippen LogP contribution >= 0.6 is 0 Å². The van der Waals surface area contributed by atoms with E-state index in [1.807, 2.05) is 38.1 Å². The second-order valence-corrected chi connectivity index (χ2v) is 19.6. The Hall–Kier alpha value is -2.59. The summed E-state index contributed by atoms with van der Waals surface area (Å²) in [5.74, 6) is -0.229. The fraction of sp³-hybridized carbons (Fsp3) is 0.727. The lowest BCUT2D eigenvalue weighted by atomic mass is 9.97. The highest BCUT2D eigenvalue weighted by Crippen LogP contribution is 2.45. The molecule has 0 saturated carbocycles. The summed E-state index contributed by atoms with van der Waals surface area (Å²) in [6.07, 6.45) is -0.389. The van der Waals surface area contributed by atoms with Gasteiger partial charge in [-0.05, 0) is 61.0 Å². The van der Waals surface area contributed by atoms with Crippen LogP contribution in [0.5, 0.6) is 5.75 Å². The van der Waals surface area contributed by atoms with Crippen LogP contribution in [0.25, 0.3) is 0 Å². The van der Waals surface area contributed by atoms with Gasteiger partial charge in [-0.15, -0.1) is 0 Å². The number of hydrogen-bond acceptors (Lipinski definition) is 6. The normalized spacial score (nSPS) is 24.4. The molecular weight excluding hydrogens is 562 g/mol. The predicted octanol–water partition coefficient (Wildman–Crippen LogP) is 6.34. The van der Waals surface area contributed by atoms with E-state index >= 15 is 0 Å². The summed E-state index contributed by atoms with van der Waals surface area (Å²) in [6, 6.07) is 6.01. The molecule has 3 aliphatic heterocycles. The fourth-order valence-corrected chi connectivity index (χ4v) is 12.3. The van der Waals surface area contributed by atoms with E-state index < -0.39 is 44.1 Å². The molecule has 2 N–H and O–H groups in total.